The topological polar surface area (TPSA) is 183 Å². The summed E-state index contributed by atoms with van der Waals surface area (Å²) < 4.78 is 3.66. The van der Waals surface area contributed by atoms with E-state index in [0.717, 1.165) is 89.6 Å². The average Bonchev–Trinajstić information content (AvgIpc) is 3.88. The normalized spacial score (nSPS) is 10.9. The van der Waals surface area contributed by atoms with E-state index in [9.17, 15) is 4.79 Å². The number of pyridine rings is 4. The molecule has 13 nitrogen and oxygen atoms in total. The zero-order chi connectivity index (χ0) is 42.4. The average molecular weight is 821 g/mol. The predicted molar refractivity (Wildman–Crippen MR) is 240 cm³/mol. The fourth-order valence-electron chi connectivity index (χ4n) is 6.55. The Labute approximate surface area is 353 Å². The number of aromatic nitrogens is 8. The van der Waals surface area contributed by atoms with Gasteiger partial charge in [-0.3, -0.25) is 4.79 Å². The molecule has 0 atom stereocenters. The molecule has 8 aromatic rings. The number of rotatable bonds is 8. The highest BCUT2D eigenvalue weighted by Gasteiger charge is 2.16. The van der Waals surface area contributed by atoms with Crippen LogP contribution in [0.3, 0.4) is 0 Å². The fraction of sp³-hybridized carbons (Fsp3) is 0.130. The van der Waals surface area contributed by atoms with Crippen LogP contribution in [0, 0.1) is 13.8 Å². The molecule has 0 spiro atoms. The van der Waals surface area contributed by atoms with Crippen LogP contribution in [0.15, 0.2) is 128 Å². The van der Waals surface area contributed by atoms with Crippen LogP contribution >= 0.6 is 12.4 Å². The second-order valence-electron chi connectivity index (χ2n) is 13.9. The molecule has 0 fully saturated rings. The maximum atomic E-state index is 11.7. The fourth-order valence-corrected chi connectivity index (χ4v) is 6.55. The number of hydrogen-bond acceptors (Lipinski definition) is 11. The lowest BCUT2D eigenvalue weighted by Gasteiger charge is -2.10. The van der Waals surface area contributed by atoms with Gasteiger partial charge in [0.15, 0.2) is 17.4 Å². The maximum Gasteiger partial charge on any atom is 0.178 e. The molecule has 0 saturated carbocycles. The van der Waals surface area contributed by atoms with Crippen molar-refractivity contribution in [2.75, 3.05) is 0 Å². The summed E-state index contributed by atoms with van der Waals surface area (Å²) in [6.07, 6.45) is 3.69. The number of oxime groups is 1. The molecule has 0 saturated heterocycles. The highest BCUT2D eigenvalue weighted by atomic mass is 35.5. The molecule has 2 aromatic carbocycles. The van der Waals surface area contributed by atoms with Crippen LogP contribution in [-0.2, 0) is 0 Å². The number of nitrogens with two attached hydrogens (primary N) is 1. The molecule has 14 heteroatoms. The third-order valence-electron chi connectivity index (χ3n) is 9.45. The molecular weight excluding hydrogens is 776 g/mol. The third kappa shape index (κ3) is 9.24. The van der Waals surface area contributed by atoms with E-state index in [1.165, 1.54) is 6.92 Å². The molecular formula is C46H45ClN10O3. The van der Waals surface area contributed by atoms with E-state index in [0.29, 0.717) is 17.1 Å². The van der Waals surface area contributed by atoms with Gasteiger partial charge >= 0.3 is 0 Å². The lowest BCUT2D eigenvalue weighted by atomic mass is 9.99. The Balaban J connectivity index is 0.000000215. The summed E-state index contributed by atoms with van der Waals surface area (Å²) in [5, 5.41) is 30.0. The number of nitrogens with zero attached hydrogens (tertiary/aromatic N) is 9. The molecule has 4 N–H and O–H groups in total. The summed E-state index contributed by atoms with van der Waals surface area (Å²) in [7, 11) is 0. The summed E-state index contributed by atoms with van der Waals surface area (Å²) in [6.45, 7) is 19.4. The lowest BCUT2D eigenvalue weighted by Crippen LogP contribution is -2.01. The summed E-state index contributed by atoms with van der Waals surface area (Å²) in [5.74, 6) is 4.96. The predicted octanol–water partition coefficient (Wildman–Crippen LogP) is 9.80. The number of hydrogen-bond donors (Lipinski definition) is 3. The molecule has 0 aliphatic heterocycles. The number of halogens is 1. The third-order valence-corrected chi connectivity index (χ3v) is 9.45. The van der Waals surface area contributed by atoms with Crippen molar-refractivity contribution < 1.29 is 15.2 Å². The van der Waals surface area contributed by atoms with Gasteiger partial charge in [-0.25, -0.2) is 35.2 Å². The van der Waals surface area contributed by atoms with Crippen molar-refractivity contribution in [3.8, 4) is 34.2 Å². The Kier molecular flexibility index (Phi) is 13.9. The van der Waals surface area contributed by atoms with Crippen LogP contribution in [0.25, 0.3) is 67.1 Å². The largest absolute Gasteiger partial charge is 0.411 e. The van der Waals surface area contributed by atoms with Crippen molar-refractivity contribution in [2.45, 2.75) is 41.5 Å². The van der Waals surface area contributed by atoms with Gasteiger partial charge < -0.3 is 10.4 Å². The number of carbonyl (C=O) groups is 1. The first kappa shape index (κ1) is 43.9. The first-order valence-corrected chi connectivity index (χ1v) is 18.6. The first-order chi connectivity index (χ1) is 28.4. The molecule has 6 aromatic heterocycles. The minimum Gasteiger partial charge on any atom is -0.411 e. The van der Waals surface area contributed by atoms with Gasteiger partial charge in [-0.15, -0.1) is 12.4 Å². The zero-order valence-corrected chi connectivity index (χ0v) is 34.9. The minimum atomic E-state index is -0.0583. The Morgan fingerprint density at radius 3 is 1.43 bits per heavy atom. The number of benzene rings is 2. The molecule has 0 radical (unpaired) electrons. The summed E-state index contributed by atoms with van der Waals surface area (Å²) in [6, 6.07) is 31.0. The van der Waals surface area contributed by atoms with Gasteiger partial charge in [-0.1, -0.05) is 53.7 Å². The zero-order valence-electron chi connectivity index (χ0n) is 34.1. The van der Waals surface area contributed by atoms with E-state index >= 15 is 0 Å². The van der Waals surface area contributed by atoms with E-state index in [1.54, 1.807) is 13.0 Å². The van der Waals surface area contributed by atoms with E-state index in [2.05, 4.69) is 66.5 Å². The second kappa shape index (κ2) is 19.0. The van der Waals surface area contributed by atoms with E-state index in [1.807, 2.05) is 128 Å². The number of ketones is 1. The summed E-state index contributed by atoms with van der Waals surface area (Å²) in [5.41, 5.74) is 12.5. The van der Waals surface area contributed by atoms with Gasteiger partial charge in [-0.2, -0.15) is 10.2 Å². The second-order valence-corrected chi connectivity index (χ2v) is 13.9. The van der Waals surface area contributed by atoms with Gasteiger partial charge in [0, 0.05) is 40.2 Å². The Morgan fingerprint density at radius 2 is 1.03 bits per heavy atom. The van der Waals surface area contributed by atoms with Gasteiger partial charge in [0.2, 0.25) is 0 Å². The lowest BCUT2D eigenvalue weighted by molar-refractivity contribution is 0.101. The van der Waals surface area contributed by atoms with Crippen molar-refractivity contribution in [1.29, 1.82) is 0 Å². The molecule has 0 amide bonds. The van der Waals surface area contributed by atoms with Crippen molar-refractivity contribution in [1.82, 2.24) is 39.5 Å². The van der Waals surface area contributed by atoms with Crippen molar-refractivity contribution >= 4 is 56.9 Å². The Morgan fingerprint density at radius 1 is 0.617 bits per heavy atom. The number of aryl methyl sites for hydroxylation is 2. The molecule has 6 heterocycles. The molecule has 60 heavy (non-hydrogen) atoms. The van der Waals surface area contributed by atoms with Crippen molar-refractivity contribution in [3.63, 3.8) is 0 Å². The first-order valence-electron chi connectivity index (χ1n) is 18.6. The van der Waals surface area contributed by atoms with E-state index < -0.39 is 0 Å². The smallest absolute Gasteiger partial charge is 0.178 e. The number of Topliss-reactive ketones (excluding diaryl/α,β-unsaturated/α-hetero) is 1. The number of fused-ring (bicyclic) bond motifs is 2. The van der Waals surface area contributed by atoms with Crippen LogP contribution in [0.4, 0.5) is 0 Å². The standard InChI is InChI=1S/C23H21N5O.C23H20N4O.ClH.H3NO/c1-14(2)18-11-17(21-9-6-8-20(26-21)16(4)27-29)12-22-19(18)13-24-28(22)23-10-5-7-15(3)25-23;1-14(2)18-11-17(21-9-6-8-20(26-21)16(4)28)12-22-19(18)13-24-27(22)23-10-5-7-15(3)25-23;;1-2/h5-13,29H,1H2,2-4H3;5-13H,1H2,2-4H3;1H;2H,1H2/b27-16-;;;. The number of carbonyl (C=O) groups excluding carboxylic acids is 1. The number of allylic oxidation sites excluding steroid dienone is 2. The van der Waals surface area contributed by atoms with Gasteiger partial charge in [-0.05, 0) is 119 Å². The van der Waals surface area contributed by atoms with Gasteiger partial charge in [0.1, 0.15) is 11.4 Å². The van der Waals surface area contributed by atoms with Crippen LogP contribution in [0.5, 0.6) is 0 Å². The monoisotopic (exact) mass is 820 g/mol. The maximum absolute atomic E-state index is 11.7. The highest BCUT2D eigenvalue weighted by Crippen LogP contribution is 2.33. The SMILES string of the molecule is C=C(C)c1cc(-c2cccc(/C(C)=N\O)n2)cc2c1cnn2-c1cccc(C)n1.C=C(C)c1cc(-c2cccc(C(C)=O)n2)cc2c1cnn2-c1cccc(C)n1.Cl.NO. The molecule has 0 aliphatic rings. The molecule has 304 valence electrons. The summed E-state index contributed by atoms with van der Waals surface area (Å²) >= 11 is 0. The van der Waals surface area contributed by atoms with E-state index in [4.69, 9.17) is 10.4 Å². The van der Waals surface area contributed by atoms with Crippen molar-refractivity contribution in [2.24, 2.45) is 11.1 Å². The Bertz CT molecular complexity index is 2910. The minimum absolute atomic E-state index is 0. The summed E-state index contributed by atoms with van der Waals surface area (Å²) in [4.78, 5) is 30.1. The molecule has 0 aliphatic carbocycles. The quantitative estimate of drug-likeness (QED) is 0.0577. The highest BCUT2D eigenvalue weighted by molar-refractivity contribution is 5.99. The molecule has 0 bridgehead atoms. The van der Waals surface area contributed by atoms with Crippen LogP contribution in [-0.4, -0.2) is 61.4 Å². The van der Waals surface area contributed by atoms with E-state index in [-0.39, 0.29) is 18.2 Å². The molecule has 8 rings (SSSR count). The molecule has 0 unspecified atom stereocenters. The van der Waals surface area contributed by atoms with Crippen molar-refractivity contribution in [3.05, 3.63) is 157 Å². The Hall–Kier alpha value is -7.19. The van der Waals surface area contributed by atoms with Crippen LogP contribution < -0.4 is 5.90 Å². The van der Waals surface area contributed by atoms with Crippen LogP contribution in [0.2, 0.25) is 0 Å². The van der Waals surface area contributed by atoms with Crippen LogP contribution in [0.1, 0.15) is 66.4 Å². The van der Waals surface area contributed by atoms with Gasteiger partial charge in [0.25, 0.3) is 0 Å². The van der Waals surface area contributed by atoms with Gasteiger partial charge in [0.05, 0.1) is 40.5 Å².